The summed E-state index contributed by atoms with van der Waals surface area (Å²) in [6, 6.07) is 10.4. The van der Waals surface area contributed by atoms with Gasteiger partial charge in [0.15, 0.2) is 0 Å². The van der Waals surface area contributed by atoms with Gasteiger partial charge < -0.3 is 0 Å². The van der Waals surface area contributed by atoms with Gasteiger partial charge >= 0.3 is 0 Å². The Morgan fingerprint density at radius 2 is 1.31 bits per heavy atom. The molecule has 0 N–H and O–H groups in total. The van der Waals surface area contributed by atoms with Crippen LogP contribution in [0.5, 0.6) is 0 Å². The van der Waals surface area contributed by atoms with Crippen molar-refractivity contribution in [3.63, 3.8) is 0 Å². The first-order chi connectivity index (χ1) is 12.8. The molecule has 1 saturated carbocycles. The molecular formula is C25H39N. The van der Waals surface area contributed by atoms with Crippen LogP contribution in [0.25, 0.3) is 0 Å². The summed E-state index contributed by atoms with van der Waals surface area (Å²) in [7, 11) is 0. The number of nitrogens with zero attached hydrogens (tertiary/aromatic N) is 1. The fourth-order valence-electron chi connectivity index (χ4n) is 4.49. The van der Waals surface area contributed by atoms with Crippen molar-refractivity contribution in [2.75, 3.05) is 0 Å². The molecule has 0 aliphatic heterocycles. The quantitative estimate of drug-likeness (QED) is 0.351. The van der Waals surface area contributed by atoms with Gasteiger partial charge in [-0.25, -0.2) is 0 Å². The van der Waals surface area contributed by atoms with Crippen molar-refractivity contribution in [1.29, 1.82) is 5.26 Å². The van der Waals surface area contributed by atoms with E-state index >= 15 is 0 Å². The molecule has 0 saturated heterocycles. The molecule has 0 aromatic heterocycles. The van der Waals surface area contributed by atoms with E-state index in [1.165, 1.54) is 102 Å². The zero-order valence-electron chi connectivity index (χ0n) is 17.0. The molecule has 0 amide bonds. The summed E-state index contributed by atoms with van der Waals surface area (Å²) in [5, 5.41) is 8.87. The second-order valence-corrected chi connectivity index (χ2v) is 8.50. The van der Waals surface area contributed by atoms with E-state index in [4.69, 9.17) is 5.26 Å². The van der Waals surface area contributed by atoms with Crippen molar-refractivity contribution in [2.45, 2.75) is 103 Å². The highest BCUT2D eigenvalue weighted by molar-refractivity contribution is 5.31. The maximum Gasteiger partial charge on any atom is 0.0991 e. The molecule has 1 fully saturated rings. The van der Waals surface area contributed by atoms with Crippen LogP contribution >= 0.6 is 0 Å². The average Bonchev–Trinajstić information content (AvgIpc) is 2.69. The van der Waals surface area contributed by atoms with Crippen molar-refractivity contribution in [2.24, 2.45) is 11.8 Å². The molecule has 1 aliphatic rings. The van der Waals surface area contributed by atoms with Gasteiger partial charge in [0.25, 0.3) is 0 Å². The number of hydrogen-bond acceptors (Lipinski definition) is 1. The van der Waals surface area contributed by atoms with Gasteiger partial charge in [-0.2, -0.15) is 5.26 Å². The van der Waals surface area contributed by atoms with E-state index in [9.17, 15) is 0 Å². The lowest BCUT2D eigenvalue weighted by Crippen LogP contribution is -2.15. The van der Waals surface area contributed by atoms with Gasteiger partial charge in [-0.15, -0.1) is 0 Å². The lowest BCUT2D eigenvalue weighted by Gasteiger charge is -2.28. The molecule has 26 heavy (non-hydrogen) atoms. The van der Waals surface area contributed by atoms with E-state index in [0.717, 1.165) is 17.4 Å². The second-order valence-electron chi connectivity index (χ2n) is 8.50. The maximum absolute atomic E-state index is 8.87. The first-order valence-electron chi connectivity index (χ1n) is 11.3. The molecule has 1 aliphatic carbocycles. The highest BCUT2D eigenvalue weighted by atomic mass is 14.3. The summed E-state index contributed by atoms with van der Waals surface area (Å²) in [6.45, 7) is 2.29. The normalized spacial score (nSPS) is 20.0. The minimum Gasteiger partial charge on any atom is -0.192 e. The zero-order chi connectivity index (χ0) is 18.5. The van der Waals surface area contributed by atoms with E-state index < -0.39 is 0 Å². The van der Waals surface area contributed by atoms with Crippen molar-refractivity contribution in [3.05, 3.63) is 35.4 Å². The monoisotopic (exact) mass is 353 g/mol. The highest BCUT2D eigenvalue weighted by Crippen LogP contribution is 2.34. The SMILES string of the molecule is CCCCCCCCCCC1CCC(CCc2ccc(C#N)cc2)CC1. The number of aryl methyl sites for hydroxylation is 1. The van der Waals surface area contributed by atoms with Gasteiger partial charge in [0, 0.05) is 0 Å². The third-order valence-corrected chi connectivity index (χ3v) is 6.36. The number of hydrogen-bond donors (Lipinski definition) is 0. The van der Waals surface area contributed by atoms with Crippen LogP contribution in [-0.2, 0) is 6.42 Å². The molecule has 1 nitrogen and oxygen atoms in total. The summed E-state index contributed by atoms with van der Waals surface area (Å²) in [5.41, 5.74) is 2.17. The number of benzene rings is 1. The molecule has 0 bridgehead atoms. The first-order valence-corrected chi connectivity index (χ1v) is 11.3. The van der Waals surface area contributed by atoms with E-state index in [2.05, 4.69) is 25.1 Å². The summed E-state index contributed by atoms with van der Waals surface area (Å²) in [4.78, 5) is 0. The number of rotatable bonds is 12. The van der Waals surface area contributed by atoms with E-state index in [0.29, 0.717) is 0 Å². The fraction of sp³-hybridized carbons (Fsp3) is 0.720. The topological polar surface area (TPSA) is 23.8 Å². The predicted octanol–water partition coefficient (Wildman–Crippen LogP) is 7.83. The smallest absolute Gasteiger partial charge is 0.0991 e. The molecule has 1 aromatic rings. The Morgan fingerprint density at radius 3 is 1.88 bits per heavy atom. The largest absolute Gasteiger partial charge is 0.192 e. The Labute approximate surface area is 162 Å². The molecule has 144 valence electrons. The van der Waals surface area contributed by atoms with Gasteiger partial charge in [0.05, 0.1) is 11.6 Å². The molecular weight excluding hydrogens is 314 g/mol. The predicted molar refractivity (Wildman–Crippen MR) is 112 cm³/mol. The minimum absolute atomic E-state index is 0.773. The Hall–Kier alpha value is -1.29. The summed E-state index contributed by atoms with van der Waals surface area (Å²) < 4.78 is 0. The van der Waals surface area contributed by atoms with Crippen molar-refractivity contribution < 1.29 is 0 Å². The Kier molecular flexibility index (Phi) is 10.5. The summed E-state index contributed by atoms with van der Waals surface area (Å²) >= 11 is 0. The van der Waals surface area contributed by atoms with Gasteiger partial charge in [-0.1, -0.05) is 103 Å². The van der Waals surface area contributed by atoms with Crippen molar-refractivity contribution >= 4 is 0 Å². The zero-order valence-corrected chi connectivity index (χ0v) is 17.0. The molecule has 0 heterocycles. The van der Waals surface area contributed by atoms with Crippen LogP contribution < -0.4 is 0 Å². The summed E-state index contributed by atoms with van der Waals surface area (Å²) in [5.74, 6) is 1.95. The van der Waals surface area contributed by atoms with Crippen LogP contribution in [0.15, 0.2) is 24.3 Å². The van der Waals surface area contributed by atoms with E-state index in [1.807, 2.05) is 12.1 Å². The molecule has 1 aromatic carbocycles. The molecule has 2 rings (SSSR count). The average molecular weight is 354 g/mol. The van der Waals surface area contributed by atoms with Crippen molar-refractivity contribution in [1.82, 2.24) is 0 Å². The lowest BCUT2D eigenvalue weighted by molar-refractivity contribution is 0.248. The van der Waals surface area contributed by atoms with Crippen molar-refractivity contribution in [3.8, 4) is 6.07 Å². The van der Waals surface area contributed by atoms with E-state index in [-0.39, 0.29) is 0 Å². The third kappa shape index (κ3) is 8.39. The van der Waals surface area contributed by atoms with Crippen LogP contribution in [0, 0.1) is 23.2 Å². The van der Waals surface area contributed by atoms with Crippen LogP contribution in [0.2, 0.25) is 0 Å². The van der Waals surface area contributed by atoms with Crippen LogP contribution in [0.4, 0.5) is 0 Å². The molecule has 0 atom stereocenters. The van der Waals surface area contributed by atoms with Gasteiger partial charge in [-0.05, 0) is 42.4 Å². The van der Waals surface area contributed by atoms with Crippen LogP contribution in [0.1, 0.15) is 108 Å². The lowest BCUT2D eigenvalue weighted by atomic mass is 9.77. The molecule has 1 heteroatoms. The standard InChI is InChI=1S/C25H39N/c1-2-3-4-5-6-7-8-9-10-22-11-13-23(14-12-22)15-16-24-17-19-25(21-26)20-18-24/h17-20,22-23H,2-16H2,1H3. The van der Waals surface area contributed by atoms with Gasteiger partial charge in [-0.3, -0.25) is 0 Å². The van der Waals surface area contributed by atoms with E-state index in [1.54, 1.807) is 0 Å². The molecule has 0 unspecified atom stereocenters. The third-order valence-electron chi connectivity index (χ3n) is 6.36. The highest BCUT2D eigenvalue weighted by Gasteiger charge is 2.20. The van der Waals surface area contributed by atoms with Gasteiger partial charge in [0.2, 0.25) is 0 Å². The van der Waals surface area contributed by atoms with Crippen LogP contribution in [-0.4, -0.2) is 0 Å². The fourth-order valence-corrected chi connectivity index (χ4v) is 4.49. The molecule has 0 spiro atoms. The number of unbranched alkanes of at least 4 members (excludes halogenated alkanes) is 7. The maximum atomic E-state index is 8.87. The second kappa shape index (κ2) is 13.0. The van der Waals surface area contributed by atoms with Gasteiger partial charge in [0.1, 0.15) is 0 Å². The Bertz CT molecular complexity index is 502. The van der Waals surface area contributed by atoms with Crippen LogP contribution in [0.3, 0.4) is 0 Å². The first kappa shape index (κ1) is 21.0. The Balaban J connectivity index is 1.49. The minimum atomic E-state index is 0.773. The molecule has 0 radical (unpaired) electrons. The Morgan fingerprint density at radius 1 is 0.769 bits per heavy atom. The number of nitriles is 1. The summed E-state index contributed by atoms with van der Waals surface area (Å²) in [6.07, 6.45) is 21.3.